The number of likely N-dealkylation sites (tertiary alicyclic amines) is 1. The maximum atomic E-state index is 11.7. The molecular weight excluding hydrogens is 252 g/mol. The summed E-state index contributed by atoms with van der Waals surface area (Å²) in [5, 5.41) is 12.3. The number of carbonyl (C=O) groups is 1. The topological polar surface area (TPSA) is 52.6 Å². The number of nitrogens with zero attached hydrogens (tertiary/aromatic N) is 1. The predicted octanol–water partition coefficient (Wildman–Crippen LogP) is 1.83. The van der Waals surface area contributed by atoms with Crippen LogP contribution in [-0.4, -0.2) is 41.8 Å². The molecule has 1 atom stereocenters. The first-order valence-electron chi connectivity index (χ1n) is 6.02. The van der Waals surface area contributed by atoms with E-state index in [0.717, 1.165) is 5.02 Å². The number of hydrogen-bond donors (Lipinski definition) is 2. The third-order valence-electron chi connectivity index (χ3n) is 3.15. The molecule has 0 bridgehead atoms. The molecule has 0 saturated carbocycles. The number of hydrogen-bond acceptors (Lipinski definition) is 2. The van der Waals surface area contributed by atoms with E-state index < -0.39 is 0 Å². The standard InChI is InChI=1S/C13H17ClN2O2/c1-9(8-17)15-13(18)16-6-11(7-16)10-2-4-12(14)5-3-10/h2-5,9,11,17H,6-8H2,1H3,(H,15,18). The molecule has 1 unspecified atom stereocenters. The third kappa shape index (κ3) is 2.94. The molecule has 0 aliphatic carbocycles. The summed E-state index contributed by atoms with van der Waals surface area (Å²) in [4.78, 5) is 13.4. The quantitative estimate of drug-likeness (QED) is 0.879. The minimum absolute atomic E-state index is 0.0415. The van der Waals surface area contributed by atoms with Crippen molar-refractivity contribution >= 4 is 17.6 Å². The molecule has 1 aromatic rings. The molecule has 0 aromatic heterocycles. The van der Waals surface area contributed by atoms with Crippen LogP contribution < -0.4 is 5.32 Å². The number of halogens is 1. The Hall–Kier alpha value is -1.26. The molecule has 1 heterocycles. The highest BCUT2D eigenvalue weighted by atomic mass is 35.5. The lowest BCUT2D eigenvalue weighted by atomic mass is 9.92. The summed E-state index contributed by atoms with van der Waals surface area (Å²) >= 11 is 5.83. The molecule has 0 radical (unpaired) electrons. The Morgan fingerprint density at radius 2 is 2.11 bits per heavy atom. The van der Waals surface area contributed by atoms with E-state index in [0.29, 0.717) is 19.0 Å². The van der Waals surface area contributed by atoms with Gasteiger partial charge in [0, 0.05) is 24.0 Å². The lowest BCUT2D eigenvalue weighted by Crippen LogP contribution is -2.54. The van der Waals surface area contributed by atoms with Crippen molar-refractivity contribution in [1.82, 2.24) is 10.2 Å². The van der Waals surface area contributed by atoms with Crippen molar-refractivity contribution in [1.29, 1.82) is 0 Å². The van der Waals surface area contributed by atoms with Gasteiger partial charge in [-0.1, -0.05) is 23.7 Å². The highest BCUT2D eigenvalue weighted by Gasteiger charge is 2.31. The van der Waals surface area contributed by atoms with Gasteiger partial charge in [-0.2, -0.15) is 0 Å². The lowest BCUT2D eigenvalue weighted by molar-refractivity contribution is 0.143. The van der Waals surface area contributed by atoms with Crippen molar-refractivity contribution < 1.29 is 9.90 Å². The van der Waals surface area contributed by atoms with Crippen molar-refractivity contribution in [3.8, 4) is 0 Å². The van der Waals surface area contributed by atoms with E-state index in [1.165, 1.54) is 5.56 Å². The summed E-state index contributed by atoms with van der Waals surface area (Å²) < 4.78 is 0. The van der Waals surface area contributed by atoms with Gasteiger partial charge in [0.05, 0.1) is 12.6 Å². The zero-order valence-corrected chi connectivity index (χ0v) is 11.0. The number of urea groups is 1. The van der Waals surface area contributed by atoms with Gasteiger partial charge in [0.15, 0.2) is 0 Å². The van der Waals surface area contributed by atoms with Gasteiger partial charge in [0.1, 0.15) is 0 Å². The minimum atomic E-state index is -0.202. The molecule has 18 heavy (non-hydrogen) atoms. The number of benzene rings is 1. The molecule has 98 valence electrons. The Balaban J connectivity index is 1.83. The van der Waals surface area contributed by atoms with Gasteiger partial charge < -0.3 is 15.3 Å². The molecule has 5 heteroatoms. The number of amides is 2. The first kappa shape index (κ1) is 13.2. The second kappa shape index (κ2) is 5.59. The first-order valence-corrected chi connectivity index (χ1v) is 6.39. The zero-order valence-electron chi connectivity index (χ0n) is 10.3. The van der Waals surface area contributed by atoms with Gasteiger partial charge in [-0.3, -0.25) is 0 Å². The van der Waals surface area contributed by atoms with Crippen molar-refractivity contribution in [2.24, 2.45) is 0 Å². The summed E-state index contributed by atoms with van der Waals surface area (Å²) in [5.74, 6) is 0.387. The van der Waals surface area contributed by atoms with E-state index in [2.05, 4.69) is 5.32 Å². The molecule has 1 aliphatic rings. The maximum Gasteiger partial charge on any atom is 0.317 e. The maximum absolute atomic E-state index is 11.7. The highest BCUT2D eigenvalue weighted by molar-refractivity contribution is 6.30. The molecule has 1 aliphatic heterocycles. The number of nitrogens with one attached hydrogen (secondary N) is 1. The van der Waals surface area contributed by atoms with Gasteiger partial charge in [-0.05, 0) is 24.6 Å². The van der Waals surface area contributed by atoms with E-state index in [9.17, 15) is 4.79 Å². The van der Waals surface area contributed by atoms with Crippen LogP contribution in [-0.2, 0) is 0 Å². The van der Waals surface area contributed by atoms with Crippen LogP contribution in [0.1, 0.15) is 18.4 Å². The molecule has 2 N–H and O–H groups in total. The van der Waals surface area contributed by atoms with E-state index in [1.807, 2.05) is 24.3 Å². The molecule has 1 fully saturated rings. The lowest BCUT2D eigenvalue weighted by Gasteiger charge is -2.40. The summed E-state index contributed by atoms with van der Waals surface area (Å²) in [6.07, 6.45) is 0. The van der Waals surface area contributed by atoms with Crippen LogP contribution in [0.2, 0.25) is 5.02 Å². The molecule has 2 rings (SSSR count). The fourth-order valence-electron chi connectivity index (χ4n) is 1.94. The minimum Gasteiger partial charge on any atom is -0.394 e. The fraction of sp³-hybridized carbons (Fsp3) is 0.462. The predicted molar refractivity (Wildman–Crippen MR) is 70.8 cm³/mol. The van der Waals surface area contributed by atoms with Gasteiger partial charge in [0.25, 0.3) is 0 Å². The smallest absolute Gasteiger partial charge is 0.317 e. The third-order valence-corrected chi connectivity index (χ3v) is 3.41. The molecule has 1 aromatic carbocycles. The van der Waals surface area contributed by atoms with Crippen LogP contribution in [0.5, 0.6) is 0 Å². The second-order valence-electron chi connectivity index (χ2n) is 4.69. The number of aliphatic hydroxyl groups excluding tert-OH is 1. The Morgan fingerprint density at radius 3 is 2.67 bits per heavy atom. The van der Waals surface area contributed by atoms with E-state index in [-0.39, 0.29) is 18.7 Å². The largest absolute Gasteiger partial charge is 0.394 e. The van der Waals surface area contributed by atoms with Crippen molar-refractivity contribution in [3.05, 3.63) is 34.9 Å². The summed E-state index contributed by atoms with van der Waals surface area (Å²) in [6, 6.07) is 7.42. The van der Waals surface area contributed by atoms with Crippen LogP contribution in [0.25, 0.3) is 0 Å². The summed E-state index contributed by atoms with van der Waals surface area (Å²) in [6.45, 7) is 3.16. The second-order valence-corrected chi connectivity index (χ2v) is 5.12. The van der Waals surface area contributed by atoms with Crippen LogP contribution in [0.4, 0.5) is 4.79 Å². The average Bonchev–Trinajstić information content (AvgIpc) is 2.29. The summed E-state index contributed by atoms with van der Waals surface area (Å²) in [5.41, 5.74) is 1.21. The number of aliphatic hydroxyl groups is 1. The molecule has 2 amide bonds. The van der Waals surface area contributed by atoms with Gasteiger partial charge in [-0.25, -0.2) is 4.79 Å². The van der Waals surface area contributed by atoms with E-state index >= 15 is 0 Å². The van der Waals surface area contributed by atoms with Crippen molar-refractivity contribution in [2.45, 2.75) is 18.9 Å². The Labute approximate surface area is 112 Å². The Morgan fingerprint density at radius 1 is 1.50 bits per heavy atom. The average molecular weight is 269 g/mol. The van der Waals surface area contributed by atoms with Crippen molar-refractivity contribution in [2.75, 3.05) is 19.7 Å². The van der Waals surface area contributed by atoms with Crippen LogP contribution in [0.3, 0.4) is 0 Å². The Kier molecular flexibility index (Phi) is 4.09. The van der Waals surface area contributed by atoms with Crippen molar-refractivity contribution in [3.63, 3.8) is 0 Å². The normalized spacial score (nSPS) is 17.2. The van der Waals surface area contributed by atoms with Gasteiger partial charge >= 0.3 is 6.03 Å². The van der Waals surface area contributed by atoms with E-state index in [1.54, 1.807) is 11.8 Å². The molecular formula is C13H17ClN2O2. The number of carbonyl (C=O) groups excluding carboxylic acids is 1. The molecule has 0 spiro atoms. The van der Waals surface area contributed by atoms with Crippen LogP contribution >= 0.6 is 11.6 Å². The van der Waals surface area contributed by atoms with Crippen LogP contribution in [0, 0.1) is 0 Å². The zero-order chi connectivity index (χ0) is 13.1. The number of rotatable bonds is 3. The fourth-order valence-corrected chi connectivity index (χ4v) is 2.06. The SMILES string of the molecule is CC(CO)NC(=O)N1CC(c2ccc(Cl)cc2)C1. The van der Waals surface area contributed by atoms with Crippen LogP contribution in [0.15, 0.2) is 24.3 Å². The summed E-state index contributed by atoms with van der Waals surface area (Å²) in [7, 11) is 0. The highest BCUT2D eigenvalue weighted by Crippen LogP contribution is 2.27. The van der Waals surface area contributed by atoms with Gasteiger partial charge in [0.2, 0.25) is 0 Å². The first-order chi connectivity index (χ1) is 8.60. The van der Waals surface area contributed by atoms with E-state index in [4.69, 9.17) is 16.7 Å². The monoisotopic (exact) mass is 268 g/mol. The molecule has 4 nitrogen and oxygen atoms in total. The van der Waals surface area contributed by atoms with Gasteiger partial charge in [-0.15, -0.1) is 0 Å². The Bertz CT molecular complexity index is 416. The molecule has 1 saturated heterocycles.